The van der Waals surface area contributed by atoms with Crippen LogP contribution >= 0.6 is 15.9 Å². The average molecular weight is 688 g/mol. The second-order valence-corrected chi connectivity index (χ2v) is 13.3. The van der Waals surface area contributed by atoms with Gasteiger partial charge in [0.2, 0.25) is 0 Å². The Hall–Kier alpha value is -3.58. The maximum absolute atomic E-state index is 13.6. The van der Waals surface area contributed by atoms with E-state index < -0.39 is 5.60 Å². The first-order valence-corrected chi connectivity index (χ1v) is 16.1. The van der Waals surface area contributed by atoms with Gasteiger partial charge in [-0.2, -0.15) is 0 Å². The van der Waals surface area contributed by atoms with Crippen molar-refractivity contribution >= 4 is 39.3 Å². The van der Waals surface area contributed by atoms with Crippen molar-refractivity contribution in [1.29, 1.82) is 0 Å². The van der Waals surface area contributed by atoms with Crippen molar-refractivity contribution in [2.24, 2.45) is 0 Å². The minimum atomic E-state index is -0.640. The number of fused-ring (bicyclic) bond motifs is 1. The predicted octanol–water partition coefficient (Wildman–Crippen LogP) is 5.24. The molecule has 0 bridgehead atoms. The molecule has 244 valence electrons. The van der Waals surface area contributed by atoms with Crippen LogP contribution in [0.1, 0.15) is 63.8 Å². The van der Waals surface area contributed by atoms with Gasteiger partial charge in [0.1, 0.15) is 39.1 Å². The number of amides is 1. The molecule has 4 heterocycles. The lowest BCUT2D eigenvalue weighted by atomic mass is 9.91. The predicted molar refractivity (Wildman–Crippen MR) is 173 cm³/mol. The molecule has 0 aliphatic carbocycles. The maximum atomic E-state index is 13.6. The number of anilines is 1. The number of ether oxygens (including phenoxy) is 4. The van der Waals surface area contributed by atoms with Crippen LogP contribution in [-0.2, 0) is 20.8 Å². The quantitative estimate of drug-likeness (QED) is 0.299. The number of halogens is 1. The third-order valence-corrected chi connectivity index (χ3v) is 9.01. The molecule has 2 aliphatic rings. The van der Waals surface area contributed by atoms with E-state index in [1.54, 1.807) is 20.4 Å². The molecule has 2 aromatic heterocycles. The molecular weight excluding hydrogens is 644 g/mol. The number of methoxy groups -OCH3 is 3. The molecule has 1 aromatic carbocycles. The summed E-state index contributed by atoms with van der Waals surface area (Å²) in [4.78, 5) is 39.6. The van der Waals surface area contributed by atoms with Gasteiger partial charge in [0, 0.05) is 55.6 Å². The zero-order valence-corrected chi connectivity index (χ0v) is 28.4. The van der Waals surface area contributed by atoms with Crippen LogP contribution < -0.4 is 14.8 Å². The number of imidazole rings is 1. The molecule has 5 rings (SSSR count). The van der Waals surface area contributed by atoms with Gasteiger partial charge in [-0.15, -0.1) is 0 Å². The van der Waals surface area contributed by atoms with E-state index in [4.69, 9.17) is 23.9 Å². The number of carbonyl (C=O) groups is 2. The van der Waals surface area contributed by atoms with E-state index in [0.29, 0.717) is 35.8 Å². The molecular formula is C32H43BrN6O6. The molecule has 13 heteroatoms. The molecule has 1 N–H and O–H groups in total. The molecule has 0 spiro atoms. The number of nitrogens with zero attached hydrogens (tertiary/aromatic N) is 5. The van der Waals surface area contributed by atoms with E-state index in [1.807, 2.05) is 54.5 Å². The normalized spacial score (nSPS) is 20.7. The van der Waals surface area contributed by atoms with Gasteiger partial charge >= 0.3 is 12.1 Å². The summed E-state index contributed by atoms with van der Waals surface area (Å²) in [5.41, 5.74) is 1.12. The van der Waals surface area contributed by atoms with Crippen LogP contribution in [0.5, 0.6) is 11.5 Å². The smallest absolute Gasteiger partial charge is 0.410 e. The van der Waals surface area contributed by atoms with E-state index in [0.717, 1.165) is 54.9 Å². The Bertz CT molecular complexity index is 1520. The largest absolute Gasteiger partial charge is 0.497 e. The lowest BCUT2D eigenvalue weighted by Gasteiger charge is -2.41. The number of benzene rings is 1. The molecule has 45 heavy (non-hydrogen) atoms. The van der Waals surface area contributed by atoms with Crippen molar-refractivity contribution in [3.8, 4) is 11.5 Å². The monoisotopic (exact) mass is 686 g/mol. The van der Waals surface area contributed by atoms with E-state index in [1.165, 1.54) is 7.11 Å². The molecule has 3 atom stereocenters. The molecule has 2 aliphatic heterocycles. The van der Waals surface area contributed by atoms with Crippen molar-refractivity contribution in [3.05, 3.63) is 46.6 Å². The molecule has 3 aromatic rings. The summed E-state index contributed by atoms with van der Waals surface area (Å²) in [7, 11) is 4.69. The van der Waals surface area contributed by atoms with Gasteiger partial charge in [-0.3, -0.25) is 14.1 Å². The summed E-state index contributed by atoms with van der Waals surface area (Å²) >= 11 is 3.68. The van der Waals surface area contributed by atoms with Gasteiger partial charge in [-0.05, 0) is 81.1 Å². The Labute approximate surface area is 272 Å². The van der Waals surface area contributed by atoms with Crippen molar-refractivity contribution < 1.29 is 28.5 Å². The van der Waals surface area contributed by atoms with Gasteiger partial charge < -0.3 is 29.2 Å². The topological polar surface area (TPSA) is 120 Å². The Kier molecular flexibility index (Phi) is 10.1. The van der Waals surface area contributed by atoms with Gasteiger partial charge in [0.05, 0.1) is 21.3 Å². The van der Waals surface area contributed by atoms with Crippen LogP contribution in [0.2, 0.25) is 0 Å². The number of carbonyl (C=O) groups excluding carboxylic acids is 2. The average Bonchev–Trinajstić information content (AvgIpc) is 3.63. The van der Waals surface area contributed by atoms with Crippen LogP contribution in [0.15, 0.2) is 35.2 Å². The van der Waals surface area contributed by atoms with Crippen LogP contribution in [-0.4, -0.2) is 94.9 Å². The van der Waals surface area contributed by atoms with Gasteiger partial charge in [-0.25, -0.2) is 14.8 Å². The summed E-state index contributed by atoms with van der Waals surface area (Å²) in [5, 5.41) is 3.44. The Morgan fingerprint density at radius 3 is 2.62 bits per heavy atom. The van der Waals surface area contributed by atoms with E-state index in [2.05, 4.69) is 31.1 Å². The molecule has 0 saturated carbocycles. The van der Waals surface area contributed by atoms with Gasteiger partial charge in [-0.1, -0.05) is 0 Å². The molecule has 2 fully saturated rings. The third-order valence-electron chi connectivity index (χ3n) is 8.46. The first kappa shape index (κ1) is 32.8. The fraction of sp³-hybridized carbons (Fsp3) is 0.562. The summed E-state index contributed by atoms with van der Waals surface area (Å²) in [6, 6.07) is 5.32. The minimum Gasteiger partial charge on any atom is -0.497 e. The first-order chi connectivity index (χ1) is 21.5. The summed E-state index contributed by atoms with van der Waals surface area (Å²) < 4.78 is 24.5. The molecule has 0 radical (unpaired) electrons. The van der Waals surface area contributed by atoms with E-state index >= 15 is 0 Å². The van der Waals surface area contributed by atoms with Crippen molar-refractivity contribution in [3.63, 3.8) is 0 Å². The molecule has 2 unspecified atom stereocenters. The summed E-state index contributed by atoms with van der Waals surface area (Å²) in [5.74, 6) is 2.68. The number of hydrogen-bond acceptors (Lipinski definition) is 10. The van der Waals surface area contributed by atoms with Crippen molar-refractivity contribution in [2.75, 3.05) is 46.3 Å². The Morgan fingerprint density at radius 2 is 1.91 bits per heavy atom. The standard InChI is InChI=1S/C32H43BrN6O6/c1-32(2,3)45-31(41)39-18-21(9-11-22(39)19-37-14-7-8-24(37)30(40)44-6)29-36-27(33)26-28(34-13-15-38(26)29)35-17-20-10-12-23(42-4)16-25(20)43-5/h10,12-13,15-16,21-22,24H,7-9,11,14,17-19H2,1-6H3,(H,34,35)/t21?,22?,24-/m0/s1. The number of likely N-dealkylation sites (tertiary alicyclic amines) is 2. The van der Waals surface area contributed by atoms with Crippen LogP contribution in [0, 0.1) is 0 Å². The Morgan fingerprint density at radius 1 is 1.11 bits per heavy atom. The highest BCUT2D eigenvalue weighted by atomic mass is 79.9. The van der Waals surface area contributed by atoms with Crippen molar-refractivity contribution in [1.82, 2.24) is 24.2 Å². The van der Waals surface area contributed by atoms with Gasteiger partial charge in [0.15, 0.2) is 5.82 Å². The minimum absolute atomic E-state index is 0.0421. The van der Waals surface area contributed by atoms with Crippen LogP contribution in [0.4, 0.5) is 10.6 Å². The highest BCUT2D eigenvalue weighted by Crippen LogP contribution is 2.36. The molecule has 1 amide bonds. The zero-order chi connectivity index (χ0) is 32.3. The highest BCUT2D eigenvalue weighted by molar-refractivity contribution is 9.10. The van der Waals surface area contributed by atoms with Crippen LogP contribution in [0.3, 0.4) is 0 Å². The number of rotatable bonds is 9. The van der Waals surface area contributed by atoms with Gasteiger partial charge in [0.25, 0.3) is 0 Å². The molecule has 12 nitrogen and oxygen atoms in total. The van der Waals surface area contributed by atoms with Crippen molar-refractivity contribution in [2.45, 2.75) is 76.6 Å². The molecule has 2 saturated heterocycles. The second-order valence-electron chi connectivity index (χ2n) is 12.5. The van der Waals surface area contributed by atoms with Crippen LogP contribution in [0.25, 0.3) is 5.52 Å². The summed E-state index contributed by atoms with van der Waals surface area (Å²) in [6.07, 6.45) is 6.54. The lowest BCUT2D eigenvalue weighted by Crippen LogP contribution is -2.54. The lowest BCUT2D eigenvalue weighted by molar-refractivity contribution is -0.146. The van der Waals surface area contributed by atoms with E-state index in [-0.39, 0.29) is 30.1 Å². The number of hydrogen-bond donors (Lipinski definition) is 1. The second kappa shape index (κ2) is 13.8. The maximum Gasteiger partial charge on any atom is 0.410 e. The number of aromatic nitrogens is 3. The van der Waals surface area contributed by atoms with E-state index in [9.17, 15) is 9.59 Å². The highest BCUT2D eigenvalue weighted by Gasteiger charge is 2.40. The fourth-order valence-electron chi connectivity index (χ4n) is 6.30. The Balaban J connectivity index is 1.39. The number of nitrogens with one attached hydrogen (secondary N) is 1. The fourth-order valence-corrected chi connectivity index (χ4v) is 6.86. The SMILES string of the molecule is COC(=O)[C@@H]1CCCN1CC1CCC(c2nc(Br)c3c(NCc4ccc(OC)cc4OC)nccn23)CN1C(=O)OC(C)(C)C. The first-order valence-electron chi connectivity index (χ1n) is 15.3. The number of esters is 1. The number of piperidine rings is 1. The summed E-state index contributed by atoms with van der Waals surface area (Å²) in [6.45, 7) is 7.92. The zero-order valence-electron chi connectivity index (χ0n) is 26.8. The third kappa shape index (κ3) is 7.30.